The molecule has 3 aromatic rings. The third-order valence-corrected chi connectivity index (χ3v) is 21.2. The molecular weight excluding hydrogens is 1870 g/mol. The molecule has 3 aromatic carbocycles. The highest BCUT2D eigenvalue weighted by Gasteiger charge is 2.43. The van der Waals surface area contributed by atoms with Gasteiger partial charge in [0.15, 0.2) is 0 Å². The Balaban J connectivity index is -0.000000307. The molecular formula is C89H149ClF9N9O21S4. The molecule has 12 N–H and O–H groups in total. The maximum Gasteiger partial charge on any atom is 0.490 e. The van der Waals surface area contributed by atoms with Crippen molar-refractivity contribution in [2.45, 2.75) is 286 Å². The number of halogens is 10. The van der Waals surface area contributed by atoms with Crippen LogP contribution in [0.5, 0.6) is 17.2 Å². The molecule has 3 saturated heterocycles. The molecule has 770 valence electrons. The summed E-state index contributed by atoms with van der Waals surface area (Å²) in [5.41, 5.74) is 8.11. The van der Waals surface area contributed by atoms with Gasteiger partial charge in [-0.25, -0.2) is 43.2 Å². The fraction of sp³-hybridized carbons (Fsp3) is 0.663. The smallest absolute Gasteiger partial charge is 0.480 e. The lowest BCUT2D eigenvalue weighted by Gasteiger charge is -2.35. The predicted molar refractivity (Wildman–Crippen MR) is 513 cm³/mol. The second-order valence-electron chi connectivity index (χ2n) is 34.9. The van der Waals surface area contributed by atoms with Gasteiger partial charge in [-0.2, -0.15) is 93.5 Å². The predicted octanol–water partition coefficient (Wildman–Crippen LogP) is 16.1. The largest absolute Gasteiger partial charge is 0.490 e. The van der Waals surface area contributed by atoms with Crippen LogP contribution in [0.25, 0.3) is 0 Å². The van der Waals surface area contributed by atoms with Crippen LogP contribution >= 0.6 is 66.4 Å². The van der Waals surface area contributed by atoms with Gasteiger partial charge < -0.3 is 96.3 Å². The summed E-state index contributed by atoms with van der Waals surface area (Å²) in [6, 6.07) is 18.1. The number of carboxylic acids is 5. The zero-order valence-electron chi connectivity index (χ0n) is 79.2. The Hall–Kier alpha value is -8.20. The number of benzene rings is 3. The first-order chi connectivity index (χ1) is 58.4. The van der Waals surface area contributed by atoms with E-state index in [2.05, 4.69) is 101 Å². The van der Waals surface area contributed by atoms with Crippen LogP contribution in [0.1, 0.15) is 226 Å². The number of carbonyl (C=O) groups is 12. The van der Waals surface area contributed by atoms with E-state index in [1.54, 1.807) is 80.5 Å². The van der Waals surface area contributed by atoms with Crippen LogP contribution < -0.4 is 46.5 Å². The number of aliphatic carboxylic acids is 5. The Bertz CT molecular complexity index is 3950. The molecule has 0 spiro atoms. The summed E-state index contributed by atoms with van der Waals surface area (Å²) in [6.07, 6.45) is -3.34. The number of hydrogen-bond acceptors (Lipinski definition) is 20. The highest BCUT2D eigenvalue weighted by molar-refractivity contribution is 7.59. The monoisotopic (exact) mass is 2010 g/mol. The minimum atomic E-state index is -5.08. The van der Waals surface area contributed by atoms with Crippen molar-refractivity contribution in [1.82, 2.24) is 41.3 Å². The van der Waals surface area contributed by atoms with Gasteiger partial charge in [0.25, 0.3) is 0 Å². The van der Waals surface area contributed by atoms with Crippen LogP contribution in [0.3, 0.4) is 0 Å². The highest BCUT2D eigenvalue weighted by Crippen LogP contribution is 2.41. The standard InChI is InChI=1S/C30H49N3O5.C26H41N3O5.C21H32N2O4.C5H11NO.3C2HF3O2.CH4.ClH.4H2S/c1-10-30(16-11-12-17-33(9)19-30)22-14-13-15-23(18-22)37-28(36)32-24(20(2)3)26(34)31-25(21(4)5)27(35)38-29(6,7)8;1-7-26(13-8-9-14-29(6)16-26)19-11-10-12-20(15-19)34-25(33)28-21(17(2)3)23(30)27-22(18(4)5)24(31)32;1-5-21(11-6-7-12-23(4)14-21)16-9-8-10-17(13-16)27-20(26)22-18(15(2)3)19(24)25;1-4(2)5(6)3-7;3*3-2(4,5)1(6)7;;;;;;/h13-15,18,20-21,24-25H,10-12,16-17,19H2,1-9H3,(H,31,34)(H,32,36);10-12,15,17-18,21-22H,7-9,13-14,16H2,1-6H3,(H,27,30)(H,28,33)(H,31,32);8-10,13,15,18H,5-7,11-12,14H2,1-4H3,(H,22,26)(H,24,25);3-5H,6H2,1-2H3;3*(H,6,7);1H4;1H;4*1H2/t24-,25-,30?;21-,22-,26?;18-,21?;5-;;;;;;;;;/m0001........./s1. The summed E-state index contributed by atoms with van der Waals surface area (Å²) < 4.78 is 117. The van der Waals surface area contributed by atoms with Gasteiger partial charge in [0.05, 0.1) is 6.04 Å². The number of ether oxygens (including phenoxy) is 4. The van der Waals surface area contributed by atoms with E-state index in [-0.39, 0.29) is 132 Å². The summed E-state index contributed by atoms with van der Waals surface area (Å²) in [4.78, 5) is 143. The van der Waals surface area contributed by atoms with Crippen LogP contribution in [0, 0.1) is 35.5 Å². The first-order valence-corrected chi connectivity index (χ1v) is 42.2. The van der Waals surface area contributed by atoms with Crippen LogP contribution in [0.15, 0.2) is 72.8 Å². The number of amides is 5. The summed E-state index contributed by atoms with van der Waals surface area (Å²) in [5.74, 6) is -11.6. The topological polar surface area (TPSA) is 439 Å². The summed E-state index contributed by atoms with van der Waals surface area (Å²) in [7, 11) is 6.46. The summed E-state index contributed by atoms with van der Waals surface area (Å²) in [6.45, 7) is 39.8. The number of carboxylic acid groups (broad SMARTS) is 5. The van der Waals surface area contributed by atoms with Gasteiger partial charge in [-0.1, -0.05) is 167 Å². The van der Waals surface area contributed by atoms with Gasteiger partial charge in [0.1, 0.15) is 59.3 Å². The molecule has 0 bridgehead atoms. The Kier molecular flexibility index (Phi) is 67.1. The molecule has 133 heavy (non-hydrogen) atoms. The Morgan fingerprint density at radius 2 is 0.647 bits per heavy atom. The molecule has 0 saturated carbocycles. The minimum Gasteiger partial charge on any atom is -0.480 e. The molecule has 3 aliphatic heterocycles. The molecule has 3 unspecified atom stereocenters. The molecule has 0 aliphatic carbocycles. The van der Waals surface area contributed by atoms with Gasteiger partial charge in [-0.05, 0) is 208 Å². The number of nitrogens with two attached hydrogens (primary N) is 1. The second-order valence-corrected chi connectivity index (χ2v) is 34.9. The number of aldehydes is 1. The number of likely N-dealkylation sites (N-methyl/N-ethyl adjacent to an activating group) is 3. The van der Waals surface area contributed by atoms with Gasteiger partial charge in [-0.15, -0.1) is 12.4 Å². The maximum atomic E-state index is 13.2. The number of alkyl halides is 9. The number of nitrogens with zero attached hydrogens (tertiary/aromatic N) is 3. The molecule has 6 rings (SSSR count). The molecule has 5 amide bonds. The van der Waals surface area contributed by atoms with Crippen molar-refractivity contribution in [3.05, 3.63) is 89.5 Å². The minimum absolute atomic E-state index is 0. The number of likely N-dealkylation sites (tertiary alicyclic amines) is 3. The van der Waals surface area contributed by atoms with Crippen molar-refractivity contribution in [2.24, 2.45) is 41.2 Å². The van der Waals surface area contributed by atoms with Gasteiger partial charge in [0, 0.05) is 35.9 Å². The van der Waals surface area contributed by atoms with Gasteiger partial charge in [0.2, 0.25) is 11.8 Å². The number of esters is 1. The van der Waals surface area contributed by atoms with E-state index in [0.717, 1.165) is 108 Å². The lowest BCUT2D eigenvalue weighted by Crippen LogP contribution is -2.56. The lowest BCUT2D eigenvalue weighted by molar-refractivity contribution is -0.193. The molecule has 3 heterocycles. The molecule has 30 nitrogen and oxygen atoms in total. The first kappa shape index (κ1) is 138. The summed E-state index contributed by atoms with van der Waals surface area (Å²) in [5, 5.41) is 53.0. The highest BCUT2D eigenvalue weighted by atomic mass is 35.5. The van der Waals surface area contributed by atoms with Crippen molar-refractivity contribution in [2.75, 3.05) is 60.4 Å². The second kappa shape index (κ2) is 64.8. The average Bonchev–Trinajstić information content (AvgIpc) is 1.76. The molecule has 3 aliphatic rings. The van der Waals surface area contributed by atoms with Crippen molar-refractivity contribution in [3.8, 4) is 17.2 Å². The summed E-state index contributed by atoms with van der Waals surface area (Å²) >= 11 is 0. The van der Waals surface area contributed by atoms with E-state index < -0.39 is 120 Å². The number of carbonyl (C=O) groups excluding carboxylic acids is 7. The SMILES string of the molecule is C.CC(C)[C@H](N)C=O.CCC1(c2cccc(OC(=O)N[C@H](C(=O)N[C@H](C(=O)O)C(C)C)C(C)C)c2)CCCCN(C)C1.CCC1(c2cccc(OC(=O)N[C@H](C(=O)N[C@H](C(=O)OC(C)(C)C)C(C)C)C(C)C)c2)CCCCN(C)C1.CCC1(c2cccc(OC(=O)N[C@H](C(=O)O)C(C)C)c2)CCCCN(C)C1.Cl.O=C(O)C(F)(F)F.O=C(O)C(F)(F)F.O=C(O)C(F)(F)F.S.S.S.S. The molecule has 9 atom stereocenters. The van der Waals surface area contributed by atoms with Gasteiger partial charge in [-0.3, -0.25) is 9.59 Å². The molecule has 0 radical (unpaired) electrons. The quantitative estimate of drug-likeness (QED) is 0.0202. The number of nitrogens with one attached hydrogen (secondary N) is 5. The number of hydrogen-bond donors (Lipinski definition) is 11. The van der Waals surface area contributed by atoms with E-state index in [4.69, 9.17) is 54.4 Å². The van der Waals surface area contributed by atoms with Crippen LogP contribution in [0.4, 0.5) is 53.9 Å². The average molecular weight is 2020 g/mol. The van der Waals surface area contributed by atoms with E-state index in [1.807, 2.05) is 77.9 Å². The Labute approximate surface area is 811 Å². The van der Waals surface area contributed by atoms with Crippen LogP contribution in [-0.2, 0) is 64.1 Å². The van der Waals surface area contributed by atoms with E-state index in [0.29, 0.717) is 17.2 Å². The fourth-order valence-electron chi connectivity index (χ4n) is 13.8. The van der Waals surface area contributed by atoms with Crippen molar-refractivity contribution in [1.29, 1.82) is 0 Å². The third kappa shape index (κ3) is 51.5. The zero-order chi connectivity index (χ0) is 98.3. The van der Waals surface area contributed by atoms with Gasteiger partial charge >= 0.3 is 72.6 Å². The normalized spacial score (nSPS) is 18.2. The van der Waals surface area contributed by atoms with Crippen LogP contribution in [0.2, 0.25) is 0 Å². The van der Waals surface area contributed by atoms with E-state index >= 15 is 0 Å². The van der Waals surface area contributed by atoms with Crippen molar-refractivity contribution in [3.63, 3.8) is 0 Å². The maximum absolute atomic E-state index is 13.2. The van der Waals surface area contributed by atoms with Crippen molar-refractivity contribution < 1.29 is 142 Å². The molecule has 44 heteroatoms. The number of rotatable bonds is 26. The molecule has 0 aromatic heterocycles. The van der Waals surface area contributed by atoms with E-state index in [1.165, 1.54) is 31.2 Å². The first-order valence-electron chi connectivity index (χ1n) is 42.2. The lowest BCUT2D eigenvalue weighted by atomic mass is 9.74. The molecule has 3 fully saturated rings. The van der Waals surface area contributed by atoms with Crippen molar-refractivity contribution >= 4 is 139 Å². The fourth-order valence-corrected chi connectivity index (χ4v) is 13.8. The Morgan fingerprint density at radius 1 is 0.414 bits per heavy atom. The van der Waals surface area contributed by atoms with E-state index in [9.17, 15) is 92.9 Å². The Morgan fingerprint density at radius 3 is 0.842 bits per heavy atom. The zero-order valence-corrected chi connectivity index (χ0v) is 84.0. The van der Waals surface area contributed by atoms with Crippen LogP contribution in [-0.4, -0.2) is 233 Å². The third-order valence-electron chi connectivity index (χ3n) is 21.2.